The average molecular weight is 244 g/mol. The Morgan fingerprint density at radius 2 is 1.82 bits per heavy atom. The number of rotatable bonds is 2. The molecular weight excluding hydrogens is 228 g/mol. The summed E-state index contributed by atoms with van der Waals surface area (Å²) in [7, 11) is 0. The highest BCUT2D eigenvalue weighted by Gasteiger charge is 2.25. The van der Waals surface area contributed by atoms with E-state index in [-0.39, 0.29) is 6.10 Å². The lowest BCUT2D eigenvalue weighted by molar-refractivity contribution is 0.188. The third-order valence-electron chi connectivity index (χ3n) is 3.43. The molecule has 1 N–H and O–H groups in total. The number of fused-ring (bicyclic) bond motifs is 1. The van der Waals surface area contributed by atoms with Crippen molar-refractivity contribution in [3.63, 3.8) is 0 Å². The van der Waals surface area contributed by atoms with Crippen molar-refractivity contribution in [1.82, 2.24) is 0 Å². The fraction of sp³-hybridized carbons (Fsp3) is 0.333. The minimum absolute atomic E-state index is 0.119. The Kier molecular flexibility index (Phi) is 3.08. The second kappa shape index (κ2) is 4.71. The predicted molar refractivity (Wildman–Crippen MR) is 73.5 cm³/mol. The van der Waals surface area contributed by atoms with Crippen LogP contribution in [0.4, 0.5) is 0 Å². The zero-order valence-corrected chi connectivity index (χ0v) is 10.5. The highest BCUT2D eigenvalue weighted by molar-refractivity contribution is 8.00. The molecule has 0 saturated heterocycles. The minimum atomic E-state index is -0.119. The van der Waals surface area contributed by atoms with E-state index in [4.69, 9.17) is 0 Å². The molecule has 0 heterocycles. The van der Waals surface area contributed by atoms with Crippen LogP contribution in [-0.4, -0.2) is 16.5 Å². The van der Waals surface area contributed by atoms with Gasteiger partial charge in [0.25, 0.3) is 0 Å². The van der Waals surface area contributed by atoms with Crippen LogP contribution in [0, 0.1) is 0 Å². The summed E-state index contributed by atoms with van der Waals surface area (Å²) in [5, 5.41) is 12.8. The van der Waals surface area contributed by atoms with Gasteiger partial charge in [-0.25, -0.2) is 0 Å². The van der Waals surface area contributed by atoms with Gasteiger partial charge in [-0.15, -0.1) is 11.8 Å². The third-order valence-corrected chi connectivity index (χ3v) is 4.80. The van der Waals surface area contributed by atoms with Crippen LogP contribution in [0.3, 0.4) is 0 Å². The largest absolute Gasteiger partial charge is 0.392 e. The molecule has 3 rings (SSSR count). The maximum absolute atomic E-state index is 9.84. The molecule has 2 atom stereocenters. The molecule has 0 aromatic heterocycles. The summed E-state index contributed by atoms with van der Waals surface area (Å²) >= 11 is 1.82. The van der Waals surface area contributed by atoms with E-state index in [0.717, 1.165) is 19.3 Å². The van der Waals surface area contributed by atoms with Crippen LogP contribution in [0.2, 0.25) is 0 Å². The zero-order valence-electron chi connectivity index (χ0n) is 9.67. The number of thioether (sulfide) groups is 1. The van der Waals surface area contributed by atoms with E-state index in [9.17, 15) is 5.11 Å². The Morgan fingerprint density at radius 1 is 1.00 bits per heavy atom. The topological polar surface area (TPSA) is 20.2 Å². The van der Waals surface area contributed by atoms with Crippen LogP contribution in [-0.2, 0) is 0 Å². The van der Waals surface area contributed by atoms with Crippen molar-refractivity contribution in [2.45, 2.75) is 35.5 Å². The molecule has 88 valence electrons. The number of hydrogen-bond donors (Lipinski definition) is 1. The summed E-state index contributed by atoms with van der Waals surface area (Å²) in [4.78, 5) is 1.27. The van der Waals surface area contributed by atoms with E-state index in [1.165, 1.54) is 15.7 Å². The zero-order chi connectivity index (χ0) is 11.7. The van der Waals surface area contributed by atoms with Crippen molar-refractivity contribution in [3.8, 4) is 0 Å². The fourth-order valence-corrected chi connectivity index (χ4v) is 3.73. The first-order valence-corrected chi connectivity index (χ1v) is 7.04. The molecule has 2 aromatic carbocycles. The van der Waals surface area contributed by atoms with E-state index in [1.807, 2.05) is 11.8 Å². The monoisotopic (exact) mass is 244 g/mol. The predicted octanol–water partition coefficient (Wildman–Crippen LogP) is 3.85. The first-order chi connectivity index (χ1) is 8.33. The highest BCUT2D eigenvalue weighted by Crippen LogP contribution is 2.35. The van der Waals surface area contributed by atoms with Crippen LogP contribution in [0.1, 0.15) is 19.3 Å². The summed E-state index contributed by atoms with van der Waals surface area (Å²) in [6, 6.07) is 15.0. The van der Waals surface area contributed by atoms with Crippen LogP contribution in [0.15, 0.2) is 47.4 Å². The average Bonchev–Trinajstić information content (AvgIpc) is 2.75. The second-order valence-corrected chi connectivity index (χ2v) is 5.98. The Morgan fingerprint density at radius 3 is 2.59 bits per heavy atom. The van der Waals surface area contributed by atoms with E-state index in [0.29, 0.717) is 5.25 Å². The van der Waals surface area contributed by atoms with Crippen molar-refractivity contribution < 1.29 is 5.11 Å². The minimum Gasteiger partial charge on any atom is -0.392 e. The number of aliphatic hydroxyl groups excluding tert-OH is 1. The molecule has 1 fully saturated rings. The van der Waals surface area contributed by atoms with Gasteiger partial charge in [0.15, 0.2) is 0 Å². The van der Waals surface area contributed by atoms with Crippen LogP contribution < -0.4 is 0 Å². The molecule has 1 saturated carbocycles. The number of hydrogen-bond acceptors (Lipinski definition) is 2. The smallest absolute Gasteiger partial charge is 0.0662 e. The molecule has 17 heavy (non-hydrogen) atoms. The Labute approximate surface area is 106 Å². The van der Waals surface area contributed by atoms with E-state index < -0.39 is 0 Å². The number of aliphatic hydroxyl groups is 1. The SMILES string of the molecule is O[C@@H]1CCC[C@H]1Sc1ccc2ccccc2c1. The van der Waals surface area contributed by atoms with E-state index in [1.54, 1.807) is 0 Å². The third kappa shape index (κ3) is 2.33. The second-order valence-electron chi connectivity index (χ2n) is 4.66. The van der Waals surface area contributed by atoms with Gasteiger partial charge in [0, 0.05) is 10.1 Å². The molecule has 2 aromatic rings. The maximum Gasteiger partial charge on any atom is 0.0662 e. The maximum atomic E-state index is 9.84. The molecule has 0 aliphatic heterocycles. The summed E-state index contributed by atoms with van der Waals surface area (Å²) in [5.74, 6) is 0. The van der Waals surface area contributed by atoms with Crippen molar-refractivity contribution in [1.29, 1.82) is 0 Å². The molecule has 1 aliphatic carbocycles. The van der Waals surface area contributed by atoms with Gasteiger partial charge in [0.2, 0.25) is 0 Å². The van der Waals surface area contributed by atoms with Gasteiger partial charge in [0.1, 0.15) is 0 Å². The van der Waals surface area contributed by atoms with E-state index in [2.05, 4.69) is 42.5 Å². The van der Waals surface area contributed by atoms with Gasteiger partial charge in [-0.05, 0) is 42.2 Å². The summed E-state index contributed by atoms with van der Waals surface area (Å²) < 4.78 is 0. The first kappa shape index (κ1) is 11.1. The lowest BCUT2D eigenvalue weighted by Crippen LogP contribution is -2.14. The lowest BCUT2D eigenvalue weighted by Gasteiger charge is -2.14. The van der Waals surface area contributed by atoms with Crippen LogP contribution >= 0.6 is 11.8 Å². The van der Waals surface area contributed by atoms with Gasteiger partial charge in [-0.2, -0.15) is 0 Å². The van der Waals surface area contributed by atoms with Crippen LogP contribution in [0.25, 0.3) is 10.8 Å². The molecule has 0 amide bonds. The first-order valence-electron chi connectivity index (χ1n) is 6.16. The summed E-state index contributed by atoms with van der Waals surface area (Å²) in [5.41, 5.74) is 0. The number of benzene rings is 2. The lowest BCUT2D eigenvalue weighted by atomic mass is 10.1. The van der Waals surface area contributed by atoms with Gasteiger partial charge in [-0.1, -0.05) is 30.3 Å². The molecule has 2 heteroatoms. The molecule has 0 bridgehead atoms. The van der Waals surface area contributed by atoms with E-state index >= 15 is 0 Å². The highest BCUT2D eigenvalue weighted by atomic mass is 32.2. The summed E-state index contributed by atoms with van der Waals surface area (Å²) in [6.45, 7) is 0. The van der Waals surface area contributed by atoms with Crippen LogP contribution in [0.5, 0.6) is 0 Å². The molecule has 0 radical (unpaired) electrons. The van der Waals surface area contributed by atoms with Gasteiger partial charge in [0.05, 0.1) is 6.10 Å². The van der Waals surface area contributed by atoms with Gasteiger partial charge >= 0.3 is 0 Å². The van der Waals surface area contributed by atoms with Gasteiger partial charge in [-0.3, -0.25) is 0 Å². The molecular formula is C15H16OS. The van der Waals surface area contributed by atoms with Gasteiger partial charge < -0.3 is 5.11 Å². The fourth-order valence-electron chi connectivity index (χ4n) is 2.46. The molecule has 0 unspecified atom stereocenters. The van der Waals surface area contributed by atoms with Crippen molar-refractivity contribution >= 4 is 22.5 Å². The standard InChI is InChI=1S/C15H16OS/c16-14-6-3-7-15(14)17-13-9-8-11-4-1-2-5-12(11)10-13/h1-2,4-5,8-10,14-16H,3,6-7H2/t14-,15-/m1/s1. The molecule has 0 spiro atoms. The Bertz CT molecular complexity index is 523. The normalized spacial score (nSPS) is 24.3. The summed E-state index contributed by atoms with van der Waals surface area (Å²) in [6.07, 6.45) is 3.14. The Hall–Kier alpha value is -0.990. The molecule has 1 nitrogen and oxygen atoms in total. The molecule has 1 aliphatic rings. The van der Waals surface area contributed by atoms with Crippen molar-refractivity contribution in [2.75, 3.05) is 0 Å². The Balaban J connectivity index is 1.85. The van der Waals surface area contributed by atoms with Crippen molar-refractivity contribution in [2.24, 2.45) is 0 Å². The van der Waals surface area contributed by atoms with Crippen molar-refractivity contribution in [3.05, 3.63) is 42.5 Å². The quantitative estimate of drug-likeness (QED) is 0.866.